The van der Waals surface area contributed by atoms with E-state index in [-0.39, 0.29) is 11.7 Å². The van der Waals surface area contributed by atoms with Crippen LogP contribution >= 0.6 is 0 Å². The molecule has 1 amide bonds. The van der Waals surface area contributed by atoms with Crippen molar-refractivity contribution in [2.75, 3.05) is 20.2 Å². The molecule has 2 heterocycles. The molecule has 190 valence electrons. The summed E-state index contributed by atoms with van der Waals surface area (Å²) < 4.78 is 20.5. The van der Waals surface area contributed by atoms with Crippen LogP contribution in [-0.4, -0.2) is 41.9 Å². The van der Waals surface area contributed by atoms with Crippen molar-refractivity contribution in [3.05, 3.63) is 89.7 Å². The molecule has 0 atom stereocenters. The number of amides is 1. The summed E-state index contributed by atoms with van der Waals surface area (Å²) in [6.45, 7) is 13.6. The van der Waals surface area contributed by atoms with E-state index in [9.17, 15) is 14.0 Å². The molecule has 35 heavy (non-hydrogen) atoms. The number of ether oxygens (including phenoxy) is 1. The van der Waals surface area contributed by atoms with Gasteiger partial charge in [-0.3, -0.25) is 9.59 Å². The summed E-state index contributed by atoms with van der Waals surface area (Å²) in [7, 11) is 1.90. The first-order chi connectivity index (χ1) is 16.8. The minimum Gasteiger partial charge on any atom is -0.490 e. The van der Waals surface area contributed by atoms with Crippen LogP contribution in [0.3, 0.4) is 0 Å². The van der Waals surface area contributed by atoms with Crippen LogP contribution in [0.15, 0.2) is 67.0 Å². The lowest BCUT2D eigenvalue weighted by Gasteiger charge is -2.29. The average Bonchev–Trinajstić information content (AvgIpc) is 3.21. The molecule has 0 saturated carbocycles. The lowest BCUT2D eigenvalue weighted by atomic mass is 10.1. The molecule has 0 fully saturated rings. The maximum Gasteiger partial charge on any atom is 0.274 e. The van der Waals surface area contributed by atoms with Crippen molar-refractivity contribution in [1.29, 1.82) is 0 Å². The number of aldehydes is 1. The summed E-state index contributed by atoms with van der Waals surface area (Å²) in [6.07, 6.45) is 10.6. The molecular weight excluding hydrogens is 445 g/mol. The molecule has 0 unspecified atom stereocenters. The molecule has 0 spiro atoms. The zero-order valence-corrected chi connectivity index (χ0v) is 21.5. The normalized spacial score (nSPS) is 11.9. The highest BCUT2D eigenvalue weighted by molar-refractivity contribution is 5.99. The third-order valence-corrected chi connectivity index (χ3v) is 4.91. The first kappa shape index (κ1) is 29.4. The summed E-state index contributed by atoms with van der Waals surface area (Å²) in [5, 5.41) is 2.91. The van der Waals surface area contributed by atoms with Gasteiger partial charge in [0, 0.05) is 32.9 Å². The van der Waals surface area contributed by atoms with E-state index in [1.165, 1.54) is 17.7 Å². The fraction of sp³-hybridized carbons (Fsp3) is 0.357. The van der Waals surface area contributed by atoms with Crippen molar-refractivity contribution >= 4 is 12.2 Å². The van der Waals surface area contributed by atoms with Gasteiger partial charge in [-0.05, 0) is 58.0 Å². The molecule has 1 aromatic carbocycles. The molecule has 0 bridgehead atoms. The number of hydrogen-bond acceptors (Lipinski definition) is 4. The molecule has 0 saturated heterocycles. The fourth-order valence-electron chi connectivity index (χ4n) is 3.16. The highest BCUT2D eigenvalue weighted by atomic mass is 19.1. The number of rotatable bonds is 8. The van der Waals surface area contributed by atoms with Crippen LogP contribution in [0, 0.1) is 5.82 Å². The molecule has 0 radical (unpaired) electrons. The lowest BCUT2D eigenvalue weighted by Crippen LogP contribution is -2.39. The van der Waals surface area contributed by atoms with E-state index in [2.05, 4.69) is 25.7 Å². The maximum absolute atomic E-state index is 13.0. The van der Waals surface area contributed by atoms with Crippen molar-refractivity contribution < 1.29 is 18.7 Å². The number of benzene rings is 1. The second-order valence-corrected chi connectivity index (χ2v) is 8.03. The number of hydrogen-bond donors (Lipinski definition) is 1. The van der Waals surface area contributed by atoms with Crippen molar-refractivity contribution in [1.82, 2.24) is 14.8 Å². The molecule has 1 aromatic heterocycles. The number of fused-ring (bicyclic) bond motifs is 1. The summed E-state index contributed by atoms with van der Waals surface area (Å²) >= 11 is 0. The van der Waals surface area contributed by atoms with E-state index in [0.29, 0.717) is 56.0 Å². The van der Waals surface area contributed by atoms with E-state index in [0.717, 1.165) is 5.56 Å². The summed E-state index contributed by atoms with van der Waals surface area (Å²) in [6, 6.07) is 6.07. The number of nitrogens with one attached hydrogen (secondary N) is 1. The predicted octanol–water partition coefficient (Wildman–Crippen LogP) is 5.76. The molecule has 2 aromatic rings. The predicted molar refractivity (Wildman–Crippen MR) is 140 cm³/mol. The summed E-state index contributed by atoms with van der Waals surface area (Å²) in [4.78, 5) is 25.9. The molecule has 1 aliphatic rings. The van der Waals surface area contributed by atoms with Gasteiger partial charge in [0.1, 0.15) is 5.82 Å². The van der Waals surface area contributed by atoms with Gasteiger partial charge >= 0.3 is 0 Å². The van der Waals surface area contributed by atoms with Gasteiger partial charge in [-0.1, -0.05) is 35.9 Å². The third kappa shape index (κ3) is 9.65. The zero-order valence-electron chi connectivity index (χ0n) is 21.5. The number of allylic oxidation sites excluding steroid dienone is 3. The Kier molecular flexibility index (Phi) is 13.5. The monoisotopic (exact) mass is 483 g/mol. The molecule has 1 aliphatic heterocycles. The van der Waals surface area contributed by atoms with Crippen LogP contribution in [0.25, 0.3) is 0 Å². The van der Waals surface area contributed by atoms with Gasteiger partial charge in [0.15, 0.2) is 17.7 Å². The Morgan fingerprint density at radius 1 is 1.17 bits per heavy atom. The van der Waals surface area contributed by atoms with Crippen molar-refractivity contribution in [2.24, 2.45) is 0 Å². The SMILES string of the molecule is C/C=C\C.C=CCCOc1c(C=O)cn2c1C(=O)N(Cc1ccc(F)cc1)CC2.CNC=C(C)C. The molecular formula is C28H38FN3O3. The topological polar surface area (TPSA) is 63.6 Å². The molecule has 6 nitrogen and oxygen atoms in total. The first-order valence-corrected chi connectivity index (χ1v) is 11.7. The smallest absolute Gasteiger partial charge is 0.274 e. The Bertz CT molecular complexity index is 999. The quantitative estimate of drug-likeness (QED) is 0.294. The number of nitrogens with zero attached hydrogens (tertiary/aromatic N) is 2. The third-order valence-electron chi connectivity index (χ3n) is 4.91. The van der Waals surface area contributed by atoms with Gasteiger partial charge in [-0.15, -0.1) is 6.58 Å². The number of halogens is 1. The second kappa shape index (κ2) is 16.1. The first-order valence-electron chi connectivity index (χ1n) is 11.7. The van der Waals surface area contributed by atoms with E-state index >= 15 is 0 Å². The maximum atomic E-state index is 13.0. The van der Waals surface area contributed by atoms with Crippen LogP contribution in [0.5, 0.6) is 5.75 Å². The summed E-state index contributed by atoms with van der Waals surface area (Å²) in [5.41, 5.74) is 2.91. The van der Waals surface area contributed by atoms with Gasteiger partial charge in [0.05, 0.1) is 12.2 Å². The van der Waals surface area contributed by atoms with Gasteiger partial charge in [-0.25, -0.2) is 4.39 Å². The highest BCUT2D eigenvalue weighted by Crippen LogP contribution is 2.30. The van der Waals surface area contributed by atoms with Gasteiger partial charge in [-0.2, -0.15) is 0 Å². The van der Waals surface area contributed by atoms with Gasteiger partial charge in [0.2, 0.25) is 0 Å². The number of aromatic nitrogens is 1. The average molecular weight is 484 g/mol. The van der Waals surface area contributed by atoms with Crippen LogP contribution < -0.4 is 10.1 Å². The zero-order chi connectivity index (χ0) is 26.2. The van der Waals surface area contributed by atoms with Crippen LogP contribution in [0.1, 0.15) is 60.5 Å². The van der Waals surface area contributed by atoms with E-state index in [1.807, 2.05) is 39.2 Å². The minimum atomic E-state index is -0.309. The fourth-order valence-corrected chi connectivity index (χ4v) is 3.16. The van der Waals surface area contributed by atoms with E-state index in [4.69, 9.17) is 4.74 Å². The Balaban J connectivity index is 0.000000520. The Morgan fingerprint density at radius 2 is 1.83 bits per heavy atom. The minimum absolute atomic E-state index is 0.197. The van der Waals surface area contributed by atoms with Crippen molar-refractivity contribution in [3.63, 3.8) is 0 Å². The Morgan fingerprint density at radius 3 is 2.31 bits per heavy atom. The Hall–Kier alpha value is -3.61. The highest BCUT2D eigenvalue weighted by Gasteiger charge is 2.31. The van der Waals surface area contributed by atoms with E-state index in [1.54, 1.807) is 33.9 Å². The van der Waals surface area contributed by atoms with Crippen LogP contribution in [-0.2, 0) is 13.1 Å². The molecule has 1 N–H and O–H groups in total. The van der Waals surface area contributed by atoms with Gasteiger partial charge in [0.25, 0.3) is 5.91 Å². The van der Waals surface area contributed by atoms with Gasteiger partial charge < -0.3 is 19.5 Å². The molecule has 0 aliphatic carbocycles. The standard InChI is InChI=1S/C19H19FN2O3.C5H11N.C4H8/c1-2-3-10-25-18-15(13-23)12-21-8-9-22(19(24)17(18)21)11-14-4-6-16(20)7-5-14;1-5(2)4-6-3;1-3-4-2/h2,4-7,12-13H,1,3,8-11H2;4,6H,1-3H3;3-4H,1-2H3/b;;4-3-. The van der Waals surface area contributed by atoms with E-state index < -0.39 is 0 Å². The molecule has 7 heteroatoms. The molecule has 3 rings (SSSR count). The lowest BCUT2D eigenvalue weighted by molar-refractivity contribution is 0.0685. The summed E-state index contributed by atoms with van der Waals surface area (Å²) in [5.74, 6) is -0.181. The van der Waals surface area contributed by atoms with Crippen molar-refractivity contribution in [3.8, 4) is 5.75 Å². The Labute approximate surface area is 208 Å². The second-order valence-electron chi connectivity index (χ2n) is 8.03. The largest absolute Gasteiger partial charge is 0.490 e. The number of carbonyl (C=O) groups is 2. The van der Waals surface area contributed by atoms with Crippen molar-refractivity contribution in [2.45, 2.75) is 47.2 Å². The van der Waals surface area contributed by atoms with Crippen LogP contribution in [0.2, 0.25) is 0 Å². The number of carbonyl (C=O) groups excluding carboxylic acids is 2. The van der Waals surface area contributed by atoms with Crippen LogP contribution in [0.4, 0.5) is 4.39 Å².